The molecule has 1 atom stereocenters. The van der Waals surface area contributed by atoms with Crippen LogP contribution in [-0.2, 0) is 0 Å². The van der Waals surface area contributed by atoms with Crippen molar-refractivity contribution in [1.82, 2.24) is 5.32 Å². The van der Waals surface area contributed by atoms with Gasteiger partial charge < -0.3 is 5.32 Å². The molecule has 1 nitrogen and oxygen atoms in total. The number of benzene rings is 1. The Hall–Kier alpha value is -0.820. The summed E-state index contributed by atoms with van der Waals surface area (Å²) in [6.07, 6.45) is 11.6. The van der Waals surface area contributed by atoms with E-state index in [9.17, 15) is 0 Å². The van der Waals surface area contributed by atoms with Gasteiger partial charge in [0, 0.05) is 6.04 Å². The molecule has 0 aromatic heterocycles. The molecule has 0 aliphatic heterocycles. The van der Waals surface area contributed by atoms with Crippen LogP contribution < -0.4 is 5.32 Å². The summed E-state index contributed by atoms with van der Waals surface area (Å²) in [5, 5.41) is 3.85. The fraction of sp³-hybridized carbons (Fsp3) is 0.667. The van der Waals surface area contributed by atoms with E-state index < -0.39 is 0 Å². The molecule has 1 unspecified atom stereocenters. The van der Waals surface area contributed by atoms with E-state index >= 15 is 0 Å². The Kier molecular flexibility index (Phi) is 4.55. The van der Waals surface area contributed by atoms with Crippen LogP contribution in [-0.4, -0.2) is 6.54 Å². The van der Waals surface area contributed by atoms with Crippen LogP contribution in [0.3, 0.4) is 0 Å². The first-order chi connectivity index (χ1) is 9.43. The Labute approximate surface area is 117 Å². The van der Waals surface area contributed by atoms with Gasteiger partial charge in [-0.25, -0.2) is 0 Å². The summed E-state index contributed by atoms with van der Waals surface area (Å²) < 4.78 is 0. The summed E-state index contributed by atoms with van der Waals surface area (Å²) in [7, 11) is 0. The molecule has 1 N–H and O–H groups in total. The topological polar surface area (TPSA) is 12.0 Å². The van der Waals surface area contributed by atoms with Gasteiger partial charge >= 0.3 is 0 Å². The monoisotopic (exact) mass is 257 g/mol. The lowest BCUT2D eigenvalue weighted by Gasteiger charge is -2.24. The molecule has 1 aromatic carbocycles. The zero-order chi connectivity index (χ0) is 12.9. The van der Waals surface area contributed by atoms with Crippen LogP contribution in [0.25, 0.3) is 0 Å². The molecule has 0 radical (unpaired) electrons. The van der Waals surface area contributed by atoms with Gasteiger partial charge in [0.05, 0.1) is 0 Å². The van der Waals surface area contributed by atoms with E-state index in [-0.39, 0.29) is 0 Å². The summed E-state index contributed by atoms with van der Waals surface area (Å²) in [5.74, 6) is 1.89. The summed E-state index contributed by atoms with van der Waals surface area (Å²) in [4.78, 5) is 0. The lowest BCUT2D eigenvalue weighted by atomic mass is 9.87. The van der Waals surface area contributed by atoms with E-state index in [1.165, 1.54) is 63.5 Å². The normalized spacial score (nSPS) is 22.3. The quantitative estimate of drug-likeness (QED) is 0.779. The van der Waals surface area contributed by atoms with Crippen molar-refractivity contribution in [3.8, 4) is 0 Å². The lowest BCUT2D eigenvalue weighted by molar-refractivity contribution is 0.324. The highest BCUT2D eigenvalue weighted by Crippen LogP contribution is 2.41. The van der Waals surface area contributed by atoms with Crippen LogP contribution in [0.5, 0.6) is 0 Å². The van der Waals surface area contributed by atoms with Crippen molar-refractivity contribution in [2.24, 2.45) is 11.8 Å². The van der Waals surface area contributed by atoms with Crippen LogP contribution in [0.4, 0.5) is 0 Å². The van der Waals surface area contributed by atoms with Crippen molar-refractivity contribution < 1.29 is 0 Å². The highest BCUT2D eigenvalue weighted by atomic mass is 14.9. The van der Waals surface area contributed by atoms with E-state index in [0.717, 1.165) is 11.8 Å². The second-order valence-corrected chi connectivity index (χ2v) is 6.47. The van der Waals surface area contributed by atoms with Gasteiger partial charge in [-0.1, -0.05) is 62.4 Å². The first-order valence-corrected chi connectivity index (χ1v) is 8.22. The Morgan fingerprint density at radius 2 is 1.68 bits per heavy atom. The van der Waals surface area contributed by atoms with Gasteiger partial charge in [0.2, 0.25) is 0 Å². The average Bonchev–Trinajstić information content (AvgIpc) is 3.30. The van der Waals surface area contributed by atoms with Gasteiger partial charge in [-0.05, 0) is 43.2 Å². The molecular weight excluding hydrogens is 230 g/mol. The predicted octanol–water partition coefficient (Wildman–Crippen LogP) is 4.70. The maximum absolute atomic E-state index is 3.85. The minimum Gasteiger partial charge on any atom is -0.310 e. The molecule has 3 rings (SSSR count). The molecule has 0 heterocycles. The summed E-state index contributed by atoms with van der Waals surface area (Å²) in [6.45, 7) is 1.21. The zero-order valence-electron chi connectivity index (χ0n) is 12.0. The minimum absolute atomic E-state index is 0.616. The van der Waals surface area contributed by atoms with Gasteiger partial charge in [0.15, 0.2) is 0 Å². The average molecular weight is 257 g/mol. The molecule has 1 heteroatoms. The van der Waals surface area contributed by atoms with Crippen molar-refractivity contribution in [2.45, 2.75) is 57.4 Å². The molecule has 0 spiro atoms. The standard InChI is InChI=1S/C18H27N/c1-3-7-15(8-4-1)13-14-19-18(17-11-12-17)16-9-5-2-6-10-16/h2,5-6,9-10,15,17-19H,1,3-4,7-8,11-14H2. The lowest BCUT2D eigenvalue weighted by Crippen LogP contribution is -2.26. The third-order valence-corrected chi connectivity index (χ3v) is 4.89. The van der Waals surface area contributed by atoms with Crippen molar-refractivity contribution >= 4 is 0 Å². The molecule has 2 saturated carbocycles. The Balaban J connectivity index is 1.48. The largest absolute Gasteiger partial charge is 0.310 e. The van der Waals surface area contributed by atoms with Crippen LogP contribution in [0.2, 0.25) is 0 Å². The Bertz CT molecular complexity index is 363. The number of hydrogen-bond donors (Lipinski definition) is 1. The molecule has 1 aromatic rings. The first kappa shape index (κ1) is 13.2. The SMILES string of the molecule is c1ccc(C(NCCC2CCCCC2)C2CC2)cc1. The fourth-order valence-electron chi connectivity index (χ4n) is 3.57. The minimum atomic E-state index is 0.616. The summed E-state index contributed by atoms with van der Waals surface area (Å²) in [5.41, 5.74) is 1.49. The maximum atomic E-state index is 3.85. The highest BCUT2D eigenvalue weighted by molar-refractivity contribution is 5.21. The van der Waals surface area contributed by atoms with Gasteiger partial charge in [0.1, 0.15) is 0 Å². The number of nitrogens with one attached hydrogen (secondary N) is 1. The van der Waals surface area contributed by atoms with Crippen LogP contribution >= 0.6 is 0 Å². The summed E-state index contributed by atoms with van der Waals surface area (Å²) in [6, 6.07) is 11.7. The van der Waals surface area contributed by atoms with Crippen molar-refractivity contribution in [3.63, 3.8) is 0 Å². The molecule has 2 aliphatic carbocycles. The van der Waals surface area contributed by atoms with Crippen molar-refractivity contribution in [3.05, 3.63) is 35.9 Å². The second kappa shape index (κ2) is 6.56. The predicted molar refractivity (Wildman–Crippen MR) is 81.1 cm³/mol. The number of hydrogen-bond acceptors (Lipinski definition) is 1. The van der Waals surface area contributed by atoms with Crippen LogP contribution in [0, 0.1) is 11.8 Å². The van der Waals surface area contributed by atoms with Crippen molar-refractivity contribution in [2.75, 3.05) is 6.54 Å². The van der Waals surface area contributed by atoms with Gasteiger partial charge in [-0.3, -0.25) is 0 Å². The molecular formula is C18H27N. The molecule has 19 heavy (non-hydrogen) atoms. The van der Waals surface area contributed by atoms with Gasteiger partial charge in [0.25, 0.3) is 0 Å². The zero-order valence-corrected chi connectivity index (χ0v) is 12.0. The molecule has 0 saturated heterocycles. The third kappa shape index (κ3) is 3.82. The molecule has 0 amide bonds. The molecule has 2 fully saturated rings. The third-order valence-electron chi connectivity index (χ3n) is 4.89. The van der Waals surface area contributed by atoms with E-state index in [4.69, 9.17) is 0 Å². The van der Waals surface area contributed by atoms with E-state index in [1.54, 1.807) is 0 Å². The van der Waals surface area contributed by atoms with E-state index in [0.29, 0.717) is 6.04 Å². The molecule has 0 bridgehead atoms. The fourth-order valence-corrected chi connectivity index (χ4v) is 3.57. The summed E-state index contributed by atoms with van der Waals surface area (Å²) >= 11 is 0. The second-order valence-electron chi connectivity index (χ2n) is 6.47. The van der Waals surface area contributed by atoms with E-state index in [2.05, 4.69) is 35.6 Å². The molecule has 2 aliphatic rings. The van der Waals surface area contributed by atoms with E-state index in [1.807, 2.05) is 0 Å². The van der Waals surface area contributed by atoms with Crippen molar-refractivity contribution in [1.29, 1.82) is 0 Å². The van der Waals surface area contributed by atoms with Crippen LogP contribution in [0.1, 0.15) is 63.0 Å². The first-order valence-electron chi connectivity index (χ1n) is 8.22. The molecule has 104 valence electrons. The number of rotatable bonds is 6. The van der Waals surface area contributed by atoms with Crippen LogP contribution in [0.15, 0.2) is 30.3 Å². The smallest absolute Gasteiger partial charge is 0.0348 e. The Morgan fingerprint density at radius 3 is 2.37 bits per heavy atom. The Morgan fingerprint density at radius 1 is 0.947 bits per heavy atom. The highest BCUT2D eigenvalue weighted by Gasteiger charge is 2.31. The van der Waals surface area contributed by atoms with Gasteiger partial charge in [-0.15, -0.1) is 0 Å². The maximum Gasteiger partial charge on any atom is 0.0348 e. The van der Waals surface area contributed by atoms with Gasteiger partial charge in [-0.2, -0.15) is 0 Å².